The second-order valence-corrected chi connectivity index (χ2v) is 7.30. The standard InChI is InChI=1S/C19H23N5OS/c1-6-23-14(4)10-16(15(23)5)17(25)11-26-19-20-21-22-24(19)18-12(2)8-7-9-13(18)3/h7-10H,6,11H2,1-5H3. The molecule has 0 N–H and O–H groups in total. The summed E-state index contributed by atoms with van der Waals surface area (Å²) in [5, 5.41) is 12.7. The minimum atomic E-state index is 0.0962. The van der Waals surface area contributed by atoms with Crippen LogP contribution in [0.2, 0.25) is 0 Å². The second kappa shape index (κ2) is 7.45. The van der Waals surface area contributed by atoms with Gasteiger partial charge < -0.3 is 4.57 Å². The van der Waals surface area contributed by atoms with Gasteiger partial charge in [-0.05, 0) is 62.2 Å². The molecule has 0 spiro atoms. The molecular formula is C19H23N5OS. The van der Waals surface area contributed by atoms with Crippen LogP contribution in [0.3, 0.4) is 0 Å². The number of thioether (sulfide) groups is 1. The first-order valence-electron chi connectivity index (χ1n) is 8.61. The summed E-state index contributed by atoms with van der Waals surface area (Å²) in [6, 6.07) is 8.04. The van der Waals surface area contributed by atoms with Gasteiger partial charge in [0.05, 0.1) is 11.4 Å². The van der Waals surface area contributed by atoms with E-state index in [-0.39, 0.29) is 5.78 Å². The predicted molar refractivity (Wildman–Crippen MR) is 103 cm³/mol. The lowest BCUT2D eigenvalue weighted by molar-refractivity contribution is 0.102. The van der Waals surface area contributed by atoms with Crippen molar-refractivity contribution in [3.63, 3.8) is 0 Å². The predicted octanol–water partition coefficient (Wildman–Crippen LogP) is 3.69. The number of aryl methyl sites for hydroxylation is 3. The quantitative estimate of drug-likeness (QED) is 0.490. The van der Waals surface area contributed by atoms with Gasteiger partial charge in [-0.3, -0.25) is 4.79 Å². The summed E-state index contributed by atoms with van der Waals surface area (Å²) in [6.07, 6.45) is 0. The molecule has 0 atom stereocenters. The zero-order valence-corrected chi connectivity index (χ0v) is 16.6. The van der Waals surface area contributed by atoms with Gasteiger partial charge in [-0.15, -0.1) is 5.10 Å². The summed E-state index contributed by atoms with van der Waals surface area (Å²) in [5.41, 5.74) is 6.07. The molecule has 0 aliphatic rings. The Morgan fingerprint density at radius 1 is 1.15 bits per heavy atom. The third-order valence-electron chi connectivity index (χ3n) is 4.61. The Morgan fingerprint density at radius 3 is 2.46 bits per heavy atom. The Morgan fingerprint density at radius 2 is 1.85 bits per heavy atom. The smallest absolute Gasteiger partial charge is 0.214 e. The van der Waals surface area contributed by atoms with Crippen molar-refractivity contribution >= 4 is 17.5 Å². The van der Waals surface area contributed by atoms with Crippen molar-refractivity contribution in [2.75, 3.05) is 5.75 Å². The molecule has 26 heavy (non-hydrogen) atoms. The Balaban J connectivity index is 1.82. The lowest BCUT2D eigenvalue weighted by atomic mass is 10.1. The molecule has 7 heteroatoms. The average molecular weight is 369 g/mol. The molecule has 0 fully saturated rings. The molecule has 0 bridgehead atoms. The van der Waals surface area contributed by atoms with E-state index in [9.17, 15) is 4.79 Å². The van der Waals surface area contributed by atoms with E-state index in [1.54, 1.807) is 4.68 Å². The van der Waals surface area contributed by atoms with Crippen molar-refractivity contribution in [2.24, 2.45) is 0 Å². The summed E-state index contributed by atoms with van der Waals surface area (Å²) in [7, 11) is 0. The summed E-state index contributed by atoms with van der Waals surface area (Å²) in [4.78, 5) is 12.7. The average Bonchev–Trinajstić information content (AvgIpc) is 3.17. The van der Waals surface area contributed by atoms with Crippen molar-refractivity contribution in [3.8, 4) is 5.69 Å². The highest BCUT2D eigenvalue weighted by molar-refractivity contribution is 7.99. The van der Waals surface area contributed by atoms with Crippen molar-refractivity contribution in [2.45, 2.75) is 46.3 Å². The Kier molecular flexibility index (Phi) is 5.27. The van der Waals surface area contributed by atoms with E-state index in [4.69, 9.17) is 0 Å². The molecule has 2 aromatic heterocycles. The van der Waals surface area contributed by atoms with Crippen LogP contribution in [0.1, 0.15) is 39.8 Å². The van der Waals surface area contributed by atoms with Gasteiger partial charge in [-0.1, -0.05) is 30.0 Å². The number of benzene rings is 1. The Bertz CT molecular complexity index is 937. The van der Waals surface area contributed by atoms with E-state index < -0.39 is 0 Å². The number of ketones is 1. The van der Waals surface area contributed by atoms with Gasteiger partial charge >= 0.3 is 0 Å². The summed E-state index contributed by atoms with van der Waals surface area (Å²) >= 11 is 1.37. The van der Waals surface area contributed by atoms with Crippen molar-refractivity contribution in [3.05, 3.63) is 52.3 Å². The van der Waals surface area contributed by atoms with Gasteiger partial charge in [0, 0.05) is 23.5 Å². The molecule has 0 saturated heterocycles. The SMILES string of the molecule is CCn1c(C)cc(C(=O)CSc2nnnn2-c2c(C)cccc2C)c1C. The summed E-state index contributed by atoms with van der Waals surface area (Å²) < 4.78 is 3.87. The largest absolute Gasteiger partial charge is 0.349 e. The highest BCUT2D eigenvalue weighted by atomic mass is 32.2. The third kappa shape index (κ3) is 3.31. The fourth-order valence-corrected chi connectivity index (χ4v) is 4.09. The lowest BCUT2D eigenvalue weighted by Gasteiger charge is -2.10. The Labute approximate surface area is 157 Å². The van der Waals surface area contributed by atoms with Gasteiger partial charge in [0.25, 0.3) is 0 Å². The number of hydrogen-bond acceptors (Lipinski definition) is 5. The molecule has 136 valence electrons. The first kappa shape index (κ1) is 18.4. The van der Waals surface area contributed by atoms with Crippen LogP contribution in [0.5, 0.6) is 0 Å². The van der Waals surface area contributed by atoms with E-state index in [0.717, 1.165) is 40.3 Å². The normalized spacial score (nSPS) is 11.1. The maximum Gasteiger partial charge on any atom is 0.214 e. The summed E-state index contributed by atoms with van der Waals surface area (Å²) in [6.45, 7) is 11.0. The fraction of sp³-hybridized carbons (Fsp3) is 0.368. The second-order valence-electron chi connectivity index (χ2n) is 6.35. The van der Waals surface area contributed by atoms with Crippen LogP contribution in [0.4, 0.5) is 0 Å². The maximum atomic E-state index is 12.7. The van der Waals surface area contributed by atoms with Gasteiger partial charge in [0.15, 0.2) is 5.78 Å². The van der Waals surface area contributed by atoms with Crippen LogP contribution < -0.4 is 0 Å². The van der Waals surface area contributed by atoms with E-state index in [0.29, 0.717) is 10.9 Å². The van der Waals surface area contributed by atoms with Gasteiger partial charge in [0.2, 0.25) is 5.16 Å². The fourth-order valence-electron chi connectivity index (χ4n) is 3.33. The number of nitrogens with zero attached hydrogens (tertiary/aromatic N) is 5. The molecule has 0 aliphatic carbocycles. The number of carbonyl (C=O) groups excluding carboxylic acids is 1. The van der Waals surface area contributed by atoms with E-state index in [2.05, 4.69) is 27.0 Å². The minimum Gasteiger partial charge on any atom is -0.349 e. The van der Waals surface area contributed by atoms with Crippen LogP contribution in [0.25, 0.3) is 5.69 Å². The Hall–Kier alpha value is -2.41. The highest BCUT2D eigenvalue weighted by Gasteiger charge is 2.18. The van der Waals surface area contributed by atoms with Crippen LogP contribution in [-0.4, -0.2) is 36.3 Å². The molecule has 3 aromatic rings. The molecule has 1 aromatic carbocycles. The van der Waals surface area contributed by atoms with Gasteiger partial charge in [-0.25, -0.2) is 0 Å². The minimum absolute atomic E-state index is 0.0962. The first-order valence-corrected chi connectivity index (χ1v) is 9.60. The number of hydrogen-bond donors (Lipinski definition) is 0. The number of rotatable bonds is 6. The first-order chi connectivity index (χ1) is 12.4. The van der Waals surface area contributed by atoms with Crippen molar-refractivity contribution in [1.82, 2.24) is 24.8 Å². The van der Waals surface area contributed by atoms with Crippen molar-refractivity contribution in [1.29, 1.82) is 0 Å². The zero-order valence-electron chi connectivity index (χ0n) is 15.8. The highest BCUT2D eigenvalue weighted by Crippen LogP contribution is 2.25. The molecule has 0 aliphatic heterocycles. The van der Waals surface area contributed by atoms with E-state index in [1.165, 1.54) is 11.8 Å². The molecule has 0 unspecified atom stereocenters. The number of carbonyl (C=O) groups is 1. The van der Waals surface area contributed by atoms with Crippen molar-refractivity contribution < 1.29 is 4.79 Å². The third-order valence-corrected chi connectivity index (χ3v) is 5.53. The topological polar surface area (TPSA) is 65.6 Å². The monoisotopic (exact) mass is 369 g/mol. The molecular weight excluding hydrogens is 346 g/mol. The molecule has 0 amide bonds. The molecule has 3 rings (SSSR count). The van der Waals surface area contributed by atoms with Gasteiger partial charge in [0.1, 0.15) is 0 Å². The van der Waals surface area contributed by atoms with Crippen LogP contribution in [-0.2, 0) is 6.54 Å². The lowest BCUT2D eigenvalue weighted by Crippen LogP contribution is -2.08. The van der Waals surface area contributed by atoms with Crippen LogP contribution in [0.15, 0.2) is 29.4 Å². The van der Waals surface area contributed by atoms with E-state index >= 15 is 0 Å². The molecule has 0 radical (unpaired) electrons. The molecule has 0 saturated carbocycles. The molecule has 6 nitrogen and oxygen atoms in total. The molecule has 2 heterocycles. The number of aromatic nitrogens is 5. The number of para-hydroxylation sites is 1. The van der Waals surface area contributed by atoms with E-state index in [1.807, 2.05) is 52.0 Å². The summed E-state index contributed by atoms with van der Waals surface area (Å²) in [5.74, 6) is 0.401. The number of Topliss-reactive ketones (excluding diaryl/α,β-unsaturated/α-hetero) is 1. The number of tetrazole rings is 1. The maximum absolute atomic E-state index is 12.7. The zero-order chi connectivity index (χ0) is 18.8. The van der Waals surface area contributed by atoms with Crippen LogP contribution in [0, 0.1) is 27.7 Å². The van der Waals surface area contributed by atoms with Crippen LogP contribution >= 0.6 is 11.8 Å². The van der Waals surface area contributed by atoms with Gasteiger partial charge in [-0.2, -0.15) is 4.68 Å².